The molecule has 0 aliphatic carbocycles. The maximum atomic E-state index is 11.9. The van der Waals surface area contributed by atoms with E-state index in [1.807, 2.05) is 0 Å². The highest BCUT2D eigenvalue weighted by atomic mass is 32.2. The van der Waals surface area contributed by atoms with Gasteiger partial charge in [-0.05, 0) is 18.9 Å². The molecule has 1 aromatic rings. The molecule has 1 atom stereocenters. The zero-order chi connectivity index (χ0) is 13.9. The van der Waals surface area contributed by atoms with Gasteiger partial charge >= 0.3 is 0 Å². The fourth-order valence-corrected chi connectivity index (χ4v) is 3.03. The van der Waals surface area contributed by atoms with E-state index in [2.05, 4.69) is 22.4 Å². The lowest BCUT2D eigenvalue weighted by molar-refractivity contribution is -0.120. The summed E-state index contributed by atoms with van der Waals surface area (Å²) in [5.74, 6) is 0.536. The van der Waals surface area contributed by atoms with Crippen LogP contribution in [0.5, 0.6) is 0 Å². The molecule has 7 heteroatoms. The van der Waals surface area contributed by atoms with Crippen molar-refractivity contribution in [2.24, 2.45) is 5.10 Å². The summed E-state index contributed by atoms with van der Waals surface area (Å²) in [5, 5.41) is 8.01. The summed E-state index contributed by atoms with van der Waals surface area (Å²) in [4.78, 5) is 11.9. The largest absolute Gasteiger partial charge is 0.465 e. The van der Waals surface area contributed by atoms with Crippen LogP contribution in [0, 0.1) is 0 Å². The topological polar surface area (TPSA) is 75.9 Å². The molecule has 1 amide bonds. The van der Waals surface area contributed by atoms with Crippen LogP contribution in [0.3, 0.4) is 0 Å². The Labute approximate surface area is 119 Å². The van der Waals surface area contributed by atoms with E-state index in [1.54, 1.807) is 12.3 Å². The van der Waals surface area contributed by atoms with E-state index in [4.69, 9.17) is 9.15 Å². The van der Waals surface area contributed by atoms with Crippen molar-refractivity contribution in [1.29, 1.82) is 0 Å². The van der Waals surface area contributed by atoms with Crippen LogP contribution in [0.2, 0.25) is 0 Å². The lowest BCUT2D eigenvalue weighted by Crippen LogP contribution is -2.31. The summed E-state index contributed by atoms with van der Waals surface area (Å²) < 4.78 is 10.7. The quantitative estimate of drug-likeness (QED) is 0.765. The summed E-state index contributed by atoms with van der Waals surface area (Å²) in [6.07, 6.45) is 4.42. The molecule has 0 radical (unpaired) electrons. The van der Waals surface area contributed by atoms with Gasteiger partial charge in [-0.2, -0.15) is 0 Å². The SMILES string of the molecule is C=c1occc1=C1NN=C(SC2CCCCNC2=O)O1. The maximum absolute atomic E-state index is 11.9. The maximum Gasteiger partial charge on any atom is 0.275 e. The van der Waals surface area contributed by atoms with Crippen LogP contribution >= 0.6 is 11.8 Å². The number of amides is 1. The van der Waals surface area contributed by atoms with Gasteiger partial charge in [0.15, 0.2) is 0 Å². The number of carbonyl (C=O) groups excluding carboxylic acids is 1. The Balaban J connectivity index is 1.70. The van der Waals surface area contributed by atoms with Gasteiger partial charge in [-0.1, -0.05) is 24.8 Å². The summed E-state index contributed by atoms with van der Waals surface area (Å²) in [7, 11) is 0. The second-order valence-corrected chi connectivity index (χ2v) is 5.73. The van der Waals surface area contributed by atoms with E-state index in [-0.39, 0.29) is 11.2 Å². The van der Waals surface area contributed by atoms with Crippen LogP contribution < -0.4 is 21.4 Å². The summed E-state index contributed by atoms with van der Waals surface area (Å²) in [5.41, 5.74) is 3.31. The Hall–Kier alpha value is -1.89. The van der Waals surface area contributed by atoms with Gasteiger partial charge in [0.2, 0.25) is 11.8 Å². The van der Waals surface area contributed by atoms with Crippen molar-refractivity contribution in [3.05, 3.63) is 23.0 Å². The summed E-state index contributed by atoms with van der Waals surface area (Å²) in [6.45, 7) is 4.51. The Morgan fingerprint density at radius 3 is 3.15 bits per heavy atom. The molecular weight excluding hydrogens is 278 g/mol. The highest BCUT2D eigenvalue weighted by molar-refractivity contribution is 8.14. The third-order valence-electron chi connectivity index (χ3n) is 3.16. The molecule has 0 bridgehead atoms. The zero-order valence-electron chi connectivity index (χ0n) is 10.8. The number of hydrazone groups is 1. The third kappa shape index (κ3) is 2.67. The van der Waals surface area contributed by atoms with Gasteiger partial charge in [0, 0.05) is 6.54 Å². The van der Waals surface area contributed by atoms with Crippen LogP contribution in [0.25, 0.3) is 12.5 Å². The van der Waals surface area contributed by atoms with Crippen LogP contribution in [0.4, 0.5) is 0 Å². The van der Waals surface area contributed by atoms with Gasteiger partial charge in [0.25, 0.3) is 5.23 Å². The standard InChI is InChI=1S/C13H15N3O3S/c1-8-9(5-7-18-8)12-15-16-13(19-12)20-10-4-2-3-6-14-11(10)17/h5,7,10,15H,1-4,6H2,(H,14,17). The Morgan fingerprint density at radius 2 is 2.35 bits per heavy atom. The number of ether oxygens (including phenoxy) is 1. The molecule has 3 rings (SSSR count). The van der Waals surface area contributed by atoms with Gasteiger partial charge in [0.1, 0.15) is 5.42 Å². The molecule has 3 heterocycles. The van der Waals surface area contributed by atoms with E-state index in [9.17, 15) is 4.79 Å². The van der Waals surface area contributed by atoms with Crippen molar-refractivity contribution < 1.29 is 13.9 Å². The molecule has 0 spiro atoms. The smallest absolute Gasteiger partial charge is 0.275 e. The zero-order valence-corrected chi connectivity index (χ0v) is 11.7. The van der Waals surface area contributed by atoms with Crippen molar-refractivity contribution in [3.63, 3.8) is 0 Å². The van der Waals surface area contributed by atoms with Gasteiger partial charge in [0.05, 0.1) is 16.7 Å². The Morgan fingerprint density at radius 1 is 1.45 bits per heavy atom. The molecule has 20 heavy (non-hydrogen) atoms. The van der Waals surface area contributed by atoms with Gasteiger partial charge in [-0.25, -0.2) is 5.43 Å². The van der Waals surface area contributed by atoms with Crippen LogP contribution in [0.1, 0.15) is 19.3 Å². The lowest BCUT2D eigenvalue weighted by Gasteiger charge is -2.10. The number of nitrogens with zero attached hydrogens (tertiary/aromatic N) is 1. The predicted octanol–water partition coefficient (Wildman–Crippen LogP) is 0.0483. The van der Waals surface area contributed by atoms with E-state index in [0.29, 0.717) is 16.5 Å². The van der Waals surface area contributed by atoms with Gasteiger partial charge in [-0.15, -0.1) is 5.10 Å². The molecule has 1 aromatic heterocycles. The number of rotatable bonds is 1. The van der Waals surface area contributed by atoms with Crippen molar-refractivity contribution in [3.8, 4) is 0 Å². The van der Waals surface area contributed by atoms with Crippen molar-refractivity contribution >= 4 is 35.4 Å². The number of furan rings is 1. The van der Waals surface area contributed by atoms with Crippen molar-refractivity contribution in [2.75, 3.05) is 6.54 Å². The first kappa shape index (κ1) is 13.1. The minimum atomic E-state index is -0.152. The first-order chi connectivity index (χ1) is 9.74. The molecule has 2 aliphatic rings. The van der Waals surface area contributed by atoms with Crippen molar-refractivity contribution in [1.82, 2.24) is 10.7 Å². The first-order valence-electron chi connectivity index (χ1n) is 6.47. The highest BCUT2D eigenvalue weighted by Crippen LogP contribution is 2.24. The summed E-state index contributed by atoms with van der Waals surface area (Å²) >= 11 is 1.34. The minimum Gasteiger partial charge on any atom is -0.465 e. The van der Waals surface area contributed by atoms with Crippen LogP contribution in [0.15, 0.2) is 21.8 Å². The van der Waals surface area contributed by atoms with Gasteiger partial charge in [-0.3, -0.25) is 4.79 Å². The molecule has 2 N–H and O–H groups in total. The second-order valence-electron chi connectivity index (χ2n) is 4.57. The molecule has 106 valence electrons. The number of carbonyl (C=O) groups is 1. The lowest BCUT2D eigenvalue weighted by atomic mass is 10.2. The van der Waals surface area contributed by atoms with Crippen molar-refractivity contribution in [2.45, 2.75) is 24.5 Å². The number of nitrogens with one attached hydrogen (secondary N) is 2. The van der Waals surface area contributed by atoms with E-state index >= 15 is 0 Å². The normalized spacial score (nSPS) is 25.3. The number of thioether (sulfide) groups is 1. The van der Waals surface area contributed by atoms with Crippen LogP contribution in [-0.4, -0.2) is 22.9 Å². The Kier molecular flexibility index (Phi) is 3.68. The molecule has 2 aliphatic heterocycles. The van der Waals surface area contributed by atoms with E-state index < -0.39 is 0 Å². The average Bonchev–Trinajstić information content (AvgIpc) is 3.00. The fraction of sp³-hybridized carbons (Fsp3) is 0.385. The summed E-state index contributed by atoms with van der Waals surface area (Å²) in [6, 6.07) is 1.76. The van der Waals surface area contributed by atoms with Crippen LogP contribution in [-0.2, 0) is 9.53 Å². The third-order valence-corrected chi connectivity index (χ3v) is 4.27. The fourth-order valence-electron chi connectivity index (χ4n) is 2.08. The minimum absolute atomic E-state index is 0.0495. The average molecular weight is 293 g/mol. The Bertz CT molecular complexity index is 652. The molecule has 1 saturated heterocycles. The van der Waals surface area contributed by atoms with Gasteiger partial charge < -0.3 is 14.5 Å². The molecule has 6 nitrogen and oxygen atoms in total. The van der Waals surface area contributed by atoms with E-state index in [0.717, 1.165) is 31.0 Å². The predicted molar refractivity (Wildman–Crippen MR) is 76.8 cm³/mol. The number of hydrogen-bond donors (Lipinski definition) is 2. The second kappa shape index (κ2) is 5.62. The molecular formula is C13H15N3O3S. The number of hydrogen-bond acceptors (Lipinski definition) is 6. The van der Waals surface area contributed by atoms with E-state index in [1.165, 1.54) is 11.8 Å². The molecule has 1 fully saturated rings. The first-order valence-corrected chi connectivity index (χ1v) is 7.34. The monoisotopic (exact) mass is 293 g/mol. The molecule has 0 saturated carbocycles. The highest BCUT2D eigenvalue weighted by Gasteiger charge is 2.26. The molecule has 1 unspecified atom stereocenters. The molecule has 0 aromatic carbocycles.